The molecule has 0 saturated carbocycles. The van der Waals surface area contributed by atoms with Crippen LogP contribution in [0.1, 0.15) is 27.7 Å². The maximum absolute atomic E-state index is 11.7. The van der Waals surface area contributed by atoms with Crippen molar-refractivity contribution in [3.05, 3.63) is 51.6 Å². The van der Waals surface area contributed by atoms with Crippen LogP contribution in [0.25, 0.3) is 0 Å². The summed E-state index contributed by atoms with van der Waals surface area (Å²) in [6, 6.07) is 5.07. The van der Waals surface area contributed by atoms with E-state index in [0.717, 1.165) is 5.69 Å². The van der Waals surface area contributed by atoms with Gasteiger partial charge in [-0.1, -0.05) is 0 Å². The van der Waals surface area contributed by atoms with Gasteiger partial charge in [-0.3, -0.25) is 9.36 Å². The molecule has 88 valence electrons. The molecule has 0 radical (unpaired) electrons. The molecule has 0 spiro atoms. The van der Waals surface area contributed by atoms with Crippen molar-refractivity contribution in [2.45, 2.75) is 20.4 Å². The Morgan fingerprint density at radius 3 is 2.76 bits per heavy atom. The zero-order valence-electron chi connectivity index (χ0n) is 9.64. The first kappa shape index (κ1) is 11.3. The minimum absolute atomic E-state index is 0.255. The molecule has 17 heavy (non-hydrogen) atoms. The lowest BCUT2D eigenvalue weighted by Gasteiger charge is -2.07. The van der Waals surface area contributed by atoms with Crippen molar-refractivity contribution < 1.29 is 9.21 Å². The summed E-state index contributed by atoms with van der Waals surface area (Å²) in [7, 11) is 0. The molecule has 0 saturated heterocycles. The van der Waals surface area contributed by atoms with Crippen molar-refractivity contribution >= 4 is 6.29 Å². The van der Waals surface area contributed by atoms with E-state index in [1.165, 1.54) is 4.57 Å². The number of carbonyl (C=O) groups excluding carboxylic acids is 1. The summed E-state index contributed by atoms with van der Waals surface area (Å²) in [4.78, 5) is 26.0. The average molecular weight is 232 g/mol. The van der Waals surface area contributed by atoms with E-state index >= 15 is 0 Å². The second-order valence-corrected chi connectivity index (χ2v) is 3.83. The lowest BCUT2D eigenvalue weighted by Crippen LogP contribution is -2.25. The number of aromatic nitrogens is 2. The first-order chi connectivity index (χ1) is 8.10. The summed E-state index contributed by atoms with van der Waals surface area (Å²) in [5.74, 6) is 0.814. The third-order valence-corrected chi connectivity index (χ3v) is 2.46. The third kappa shape index (κ3) is 2.33. The van der Waals surface area contributed by atoms with Gasteiger partial charge in [0, 0.05) is 11.4 Å². The Morgan fingerprint density at radius 1 is 1.41 bits per heavy atom. The van der Waals surface area contributed by atoms with Crippen LogP contribution in [0.3, 0.4) is 0 Å². The van der Waals surface area contributed by atoms with Crippen LogP contribution in [-0.2, 0) is 6.54 Å². The van der Waals surface area contributed by atoms with E-state index in [1.807, 2.05) is 13.0 Å². The lowest BCUT2D eigenvalue weighted by atomic mass is 10.3. The van der Waals surface area contributed by atoms with E-state index in [0.29, 0.717) is 17.7 Å². The number of furan rings is 1. The van der Waals surface area contributed by atoms with Crippen LogP contribution in [-0.4, -0.2) is 15.8 Å². The Balaban J connectivity index is 2.36. The fourth-order valence-electron chi connectivity index (χ4n) is 1.67. The molecule has 0 unspecified atom stereocenters. The zero-order valence-corrected chi connectivity index (χ0v) is 9.64. The summed E-state index contributed by atoms with van der Waals surface area (Å²) < 4.78 is 6.72. The fraction of sp³-hybridized carbons (Fsp3) is 0.250. The van der Waals surface area contributed by atoms with Crippen molar-refractivity contribution in [2.24, 2.45) is 0 Å². The molecule has 2 rings (SSSR count). The standard InChI is InChI=1S/C12H12N2O3/c1-8-5-9(2)14(12(16)13-8)6-10-3-4-11(7-15)17-10/h3-5,7H,6H2,1-2H3. The molecule has 0 amide bonds. The van der Waals surface area contributed by atoms with Gasteiger partial charge in [-0.05, 0) is 32.0 Å². The number of rotatable bonds is 3. The van der Waals surface area contributed by atoms with Crippen molar-refractivity contribution in [1.82, 2.24) is 9.55 Å². The SMILES string of the molecule is Cc1cc(C)n(Cc2ccc(C=O)o2)c(=O)n1. The van der Waals surface area contributed by atoms with Crippen LogP contribution >= 0.6 is 0 Å². The second kappa shape index (κ2) is 4.37. The first-order valence-electron chi connectivity index (χ1n) is 5.19. The van der Waals surface area contributed by atoms with Gasteiger partial charge in [0.25, 0.3) is 0 Å². The molecule has 0 atom stereocenters. The van der Waals surface area contributed by atoms with Gasteiger partial charge in [-0.2, -0.15) is 4.98 Å². The Hall–Kier alpha value is -2.17. The Bertz CT molecular complexity index is 610. The first-order valence-corrected chi connectivity index (χ1v) is 5.19. The minimum atomic E-state index is -0.313. The molecular weight excluding hydrogens is 220 g/mol. The van der Waals surface area contributed by atoms with Crippen LogP contribution in [0, 0.1) is 13.8 Å². The summed E-state index contributed by atoms with van der Waals surface area (Å²) in [5, 5.41) is 0. The Morgan fingerprint density at radius 2 is 2.18 bits per heavy atom. The zero-order chi connectivity index (χ0) is 12.4. The average Bonchev–Trinajstić information content (AvgIpc) is 2.71. The van der Waals surface area contributed by atoms with E-state index in [-0.39, 0.29) is 18.0 Å². The van der Waals surface area contributed by atoms with Gasteiger partial charge in [0.15, 0.2) is 12.0 Å². The molecule has 2 aromatic rings. The van der Waals surface area contributed by atoms with Gasteiger partial charge in [-0.25, -0.2) is 4.79 Å². The number of hydrogen-bond donors (Lipinski definition) is 0. The molecular formula is C12H12N2O3. The maximum atomic E-state index is 11.7. The number of aldehydes is 1. The van der Waals surface area contributed by atoms with Crippen LogP contribution < -0.4 is 5.69 Å². The molecule has 0 aliphatic heterocycles. The predicted molar refractivity (Wildman–Crippen MR) is 61.2 cm³/mol. The van der Waals surface area contributed by atoms with Gasteiger partial charge in [0.1, 0.15) is 5.76 Å². The summed E-state index contributed by atoms with van der Waals surface area (Å²) in [6.07, 6.45) is 0.631. The van der Waals surface area contributed by atoms with Crippen molar-refractivity contribution in [3.8, 4) is 0 Å². The molecule has 0 aliphatic rings. The topological polar surface area (TPSA) is 65.1 Å². The normalized spacial score (nSPS) is 10.5. The van der Waals surface area contributed by atoms with E-state index in [2.05, 4.69) is 4.98 Å². The lowest BCUT2D eigenvalue weighted by molar-refractivity contribution is 0.109. The van der Waals surface area contributed by atoms with Crippen LogP contribution in [0.15, 0.2) is 27.4 Å². The Labute approximate surface area is 97.7 Å². The number of aryl methyl sites for hydroxylation is 2. The molecule has 5 heteroatoms. The van der Waals surface area contributed by atoms with Crippen molar-refractivity contribution in [2.75, 3.05) is 0 Å². The van der Waals surface area contributed by atoms with Crippen molar-refractivity contribution in [3.63, 3.8) is 0 Å². The smallest absolute Gasteiger partial charge is 0.348 e. The maximum Gasteiger partial charge on any atom is 0.348 e. The molecule has 0 N–H and O–H groups in total. The molecule has 5 nitrogen and oxygen atoms in total. The van der Waals surface area contributed by atoms with Crippen LogP contribution in [0.5, 0.6) is 0 Å². The third-order valence-electron chi connectivity index (χ3n) is 2.46. The highest BCUT2D eigenvalue weighted by Crippen LogP contribution is 2.08. The molecule has 0 fully saturated rings. The summed E-state index contributed by atoms with van der Waals surface area (Å²) in [6.45, 7) is 3.89. The highest BCUT2D eigenvalue weighted by atomic mass is 16.3. The van der Waals surface area contributed by atoms with Crippen LogP contribution in [0.2, 0.25) is 0 Å². The number of hydrogen-bond acceptors (Lipinski definition) is 4. The molecule has 0 aromatic carbocycles. The fourth-order valence-corrected chi connectivity index (χ4v) is 1.67. The van der Waals surface area contributed by atoms with Gasteiger partial charge in [-0.15, -0.1) is 0 Å². The number of nitrogens with zero attached hydrogens (tertiary/aromatic N) is 2. The molecule has 0 bridgehead atoms. The Kier molecular flexibility index (Phi) is 2.91. The predicted octanol–water partition coefficient (Wildman–Crippen LogP) is 1.31. The summed E-state index contributed by atoms with van der Waals surface area (Å²) in [5.41, 5.74) is 1.19. The number of carbonyl (C=O) groups is 1. The largest absolute Gasteiger partial charge is 0.456 e. The van der Waals surface area contributed by atoms with Crippen molar-refractivity contribution in [1.29, 1.82) is 0 Å². The summed E-state index contributed by atoms with van der Waals surface area (Å²) >= 11 is 0. The monoisotopic (exact) mass is 232 g/mol. The quantitative estimate of drug-likeness (QED) is 0.748. The highest BCUT2D eigenvalue weighted by Gasteiger charge is 2.07. The molecule has 2 aromatic heterocycles. The minimum Gasteiger partial charge on any atom is -0.456 e. The van der Waals surface area contributed by atoms with Gasteiger partial charge >= 0.3 is 5.69 Å². The van der Waals surface area contributed by atoms with E-state index in [1.54, 1.807) is 19.1 Å². The highest BCUT2D eigenvalue weighted by molar-refractivity contribution is 5.70. The van der Waals surface area contributed by atoms with E-state index in [9.17, 15) is 9.59 Å². The van der Waals surface area contributed by atoms with Gasteiger partial charge in [0.05, 0.1) is 6.54 Å². The molecule has 0 aliphatic carbocycles. The van der Waals surface area contributed by atoms with E-state index < -0.39 is 0 Å². The molecule has 2 heterocycles. The van der Waals surface area contributed by atoms with Gasteiger partial charge < -0.3 is 4.42 Å². The van der Waals surface area contributed by atoms with Gasteiger partial charge in [0.2, 0.25) is 0 Å². The van der Waals surface area contributed by atoms with Crippen LogP contribution in [0.4, 0.5) is 0 Å². The van der Waals surface area contributed by atoms with E-state index in [4.69, 9.17) is 4.42 Å². The second-order valence-electron chi connectivity index (χ2n) is 3.83.